The standard InChI is InChI=1S/C18H15N3O5S/c22-17-16(27-18(19-17)20-6-8-25-9-7-20)11-14-4-5-15(26-14)12-2-1-3-13(10-12)21(23)24/h1-5,10-11H,6-9H2/b16-11+. The summed E-state index contributed by atoms with van der Waals surface area (Å²) >= 11 is 1.31. The van der Waals surface area contributed by atoms with Crippen LogP contribution in [0.2, 0.25) is 0 Å². The van der Waals surface area contributed by atoms with E-state index in [2.05, 4.69) is 4.99 Å². The van der Waals surface area contributed by atoms with E-state index in [1.807, 2.05) is 4.90 Å². The van der Waals surface area contributed by atoms with Crippen LogP contribution in [0.5, 0.6) is 0 Å². The lowest BCUT2D eigenvalue weighted by atomic mass is 10.1. The molecule has 0 saturated carbocycles. The van der Waals surface area contributed by atoms with Crippen LogP contribution in [-0.2, 0) is 9.53 Å². The molecule has 2 aromatic rings. The van der Waals surface area contributed by atoms with Crippen LogP contribution in [0.4, 0.5) is 5.69 Å². The van der Waals surface area contributed by atoms with E-state index in [0.717, 1.165) is 0 Å². The lowest BCUT2D eigenvalue weighted by Crippen LogP contribution is -2.38. The molecule has 1 aromatic carbocycles. The molecule has 9 heteroatoms. The first-order chi connectivity index (χ1) is 13.1. The van der Waals surface area contributed by atoms with Crippen LogP contribution in [0.25, 0.3) is 17.4 Å². The molecule has 1 aromatic heterocycles. The first-order valence-electron chi connectivity index (χ1n) is 8.30. The lowest BCUT2D eigenvalue weighted by Gasteiger charge is -2.27. The van der Waals surface area contributed by atoms with Crippen molar-refractivity contribution in [2.45, 2.75) is 0 Å². The third-order valence-corrected chi connectivity index (χ3v) is 5.18. The summed E-state index contributed by atoms with van der Waals surface area (Å²) in [6.07, 6.45) is 1.64. The van der Waals surface area contributed by atoms with Crippen molar-refractivity contribution in [2.24, 2.45) is 4.99 Å². The number of furan rings is 1. The minimum Gasteiger partial charge on any atom is -0.457 e. The predicted molar refractivity (Wildman–Crippen MR) is 101 cm³/mol. The fourth-order valence-corrected chi connectivity index (χ4v) is 3.72. The Morgan fingerprint density at radius 3 is 2.81 bits per heavy atom. The number of hydrogen-bond donors (Lipinski definition) is 0. The molecule has 1 saturated heterocycles. The zero-order valence-electron chi connectivity index (χ0n) is 14.2. The van der Waals surface area contributed by atoms with Crippen molar-refractivity contribution >= 4 is 34.6 Å². The topological polar surface area (TPSA) is 98.2 Å². The number of carbonyl (C=O) groups is 1. The number of carbonyl (C=O) groups excluding carboxylic acids is 1. The number of ether oxygens (including phenoxy) is 1. The number of morpholine rings is 1. The Hall–Kier alpha value is -2.91. The molecule has 0 unspecified atom stereocenters. The van der Waals surface area contributed by atoms with Crippen molar-refractivity contribution in [3.05, 3.63) is 57.2 Å². The highest BCUT2D eigenvalue weighted by atomic mass is 32.2. The molecule has 0 spiro atoms. The number of aliphatic imine (C=N–C) groups is 1. The second-order valence-electron chi connectivity index (χ2n) is 5.92. The Labute approximate surface area is 158 Å². The monoisotopic (exact) mass is 385 g/mol. The van der Waals surface area contributed by atoms with Gasteiger partial charge in [-0.3, -0.25) is 14.9 Å². The first-order valence-corrected chi connectivity index (χ1v) is 9.12. The highest BCUT2D eigenvalue weighted by Gasteiger charge is 2.27. The van der Waals surface area contributed by atoms with E-state index < -0.39 is 4.92 Å². The minimum absolute atomic E-state index is 0.00566. The molecule has 27 heavy (non-hydrogen) atoms. The summed E-state index contributed by atoms with van der Waals surface area (Å²) in [5.41, 5.74) is 0.596. The molecule has 0 bridgehead atoms. The molecule has 0 atom stereocenters. The van der Waals surface area contributed by atoms with Crippen LogP contribution in [-0.4, -0.2) is 47.2 Å². The molecule has 0 N–H and O–H groups in total. The second-order valence-corrected chi connectivity index (χ2v) is 6.93. The van der Waals surface area contributed by atoms with Gasteiger partial charge in [-0.1, -0.05) is 12.1 Å². The molecule has 8 nitrogen and oxygen atoms in total. The summed E-state index contributed by atoms with van der Waals surface area (Å²) in [6, 6.07) is 9.66. The van der Waals surface area contributed by atoms with Gasteiger partial charge in [0.1, 0.15) is 11.5 Å². The summed E-state index contributed by atoms with van der Waals surface area (Å²) in [5.74, 6) is 0.691. The third-order valence-electron chi connectivity index (χ3n) is 4.13. The van der Waals surface area contributed by atoms with E-state index in [4.69, 9.17) is 9.15 Å². The highest BCUT2D eigenvalue weighted by Crippen LogP contribution is 2.32. The van der Waals surface area contributed by atoms with Gasteiger partial charge in [0.15, 0.2) is 5.17 Å². The highest BCUT2D eigenvalue weighted by molar-refractivity contribution is 8.18. The molecule has 2 aliphatic heterocycles. The largest absolute Gasteiger partial charge is 0.457 e. The van der Waals surface area contributed by atoms with Gasteiger partial charge >= 0.3 is 0 Å². The van der Waals surface area contributed by atoms with Gasteiger partial charge in [0.05, 0.1) is 23.0 Å². The van der Waals surface area contributed by atoms with Gasteiger partial charge < -0.3 is 14.1 Å². The zero-order valence-corrected chi connectivity index (χ0v) is 15.0. The number of hydrogen-bond acceptors (Lipinski definition) is 7. The maximum atomic E-state index is 12.2. The Morgan fingerprint density at radius 1 is 1.22 bits per heavy atom. The summed E-state index contributed by atoms with van der Waals surface area (Å²) < 4.78 is 11.1. The van der Waals surface area contributed by atoms with Crippen LogP contribution in [0.1, 0.15) is 5.76 Å². The van der Waals surface area contributed by atoms with Gasteiger partial charge in [-0.05, 0) is 23.9 Å². The smallest absolute Gasteiger partial charge is 0.286 e. The predicted octanol–water partition coefficient (Wildman–Crippen LogP) is 3.16. The Kier molecular flexibility index (Phi) is 4.78. The van der Waals surface area contributed by atoms with Crippen LogP contribution in [0, 0.1) is 10.1 Å². The van der Waals surface area contributed by atoms with Crippen molar-refractivity contribution in [2.75, 3.05) is 26.3 Å². The van der Waals surface area contributed by atoms with Crippen molar-refractivity contribution < 1.29 is 18.9 Å². The van der Waals surface area contributed by atoms with Crippen molar-refractivity contribution in [3.63, 3.8) is 0 Å². The van der Waals surface area contributed by atoms with Gasteiger partial charge in [0.2, 0.25) is 0 Å². The van der Waals surface area contributed by atoms with Crippen LogP contribution >= 0.6 is 11.8 Å². The van der Waals surface area contributed by atoms with Crippen molar-refractivity contribution in [3.8, 4) is 11.3 Å². The summed E-state index contributed by atoms with van der Waals surface area (Å²) in [5, 5.41) is 11.6. The average Bonchev–Trinajstić information content (AvgIpc) is 3.30. The van der Waals surface area contributed by atoms with E-state index in [1.165, 1.54) is 23.9 Å². The minimum atomic E-state index is -0.451. The van der Waals surface area contributed by atoms with Gasteiger partial charge in [0, 0.05) is 36.9 Å². The molecule has 3 heterocycles. The number of nitro benzene ring substituents is 1. The van der Waals surface area contributed by atoms with Crippen LogP contribution in [0.15, 0.2) is 50.7 Å². The van der Waals surface area contributed by atoms with E-state index in [-0.39, 0.29) is 11.6 Å². The molecule has 1 fully saturated rings. The van der Waals surface area contributed by atoms with E-state index in [9.17, 15) is 14.9 Å². The molecule has 138 valence electrons. The van der Waals surface area contributed by atoms with E-state index in [0.29, 0.717) is 53.5 Å². The fourth-order valence-electron chi connectivity index (χ4n) is 2.78. The third kappa shape index (κ3) is 3.79. The first kappa shape index (κ1) is 17.5. The summed E-state index contributed by atoms with van der Waals surface area (Å²) in [7, 11) is 0. The number of nitrogens with zero attached hydrogens (tertiary/aromatic N) is 3. The molecular weight excluding hydrogens is 370 g/mol. The van der Waals surface area contributed by atoms with E-state index in [1.54, 1.807) is 30.3 Å². The molecule has 0 aliphatic carbocycles. The number of amidine groups is 1. The number of rotatable bonds is 3. The summed E-state index contributed by atoms with van der Waals surface area (Å²) in [4.78, 5) is 29.3. The molecule has 1 amide bonds. The molecular formula is C18H15N3O5S. The maximum Gasteiger partial charge on any atom is 0.286 e. The Morgan fingerprint density at radius 2 is 2.04 bits per heavy atom. The zero-order chi connectivity index (χ0) is 18.8. The number of nitro groups is 1. The van der Waals surface area contributed by atoms with Crippen LogP contribution < -0.4 is 0 Å². The van der Waals surface area contributed by atoms with Gasteiger partial charge in [0.25, 0.3) is 11.6 Å². The van der Waals surface area contributed by atoms with Gasteiger partial charge in [-0.25, -0.2) is 0 Å². The molecule has 0 radical (unpaired) electrons. The SMILES string of the molecule is O=C1N=C(N2CCOCC2)S/C1=C/c1ccc(-c2cccc([N+](=O)[O-])c2)o1. The fraction of sp³-hybridized carbons (Fsp3) is 0.222. The summed E-state index contributed by atoms with van der Waals surface area (Å²) in [6.45, 7) is 2.67. The van der Waals surface area contributed by atoms with Gasteiger partial charge in [-0.15, -0.1) is 0 Å². The number of benzene rings is 1. The Bertz CT molecular complexity index is 959. The maximum absolute atomic E-state index is 12.2. The average molecular weight is 385 g/mol. The van der Waals surface area contributed by atoms with Crippen molar-refractivity contribution in [1.29, 1.82) is 0 Å². The lowest BCUT2D eigenvalue weighted by molar-refractivity contribution is -0.384. The Balaban J connectivity index is 1.52. The van der Waals surface area contributed by atoms with E-state index >= 15 is 0 Å². The molecule has 2 aliphatic rings. The quantitative estimate of drug-likeness (QED) is 0.455. The second kappa shape index (κ2) is 7.37. The number of non-ortho nitro benzene ring substituents is 1. The number of amides is 1. The van der Waals surface area contributed by atoms with Crippen LogP contribution in [0.3, 0.4) is 0 Å². The van der Waals surface area contributed by atoms with Gasteiger partial charge in [-0.2, -0.15) is 4.99 Å². The normalized spacial score (nSPS) is 18.8. The van der Waals surface area contributed by atoms with Crippen molar-refractivity contribution in [1.82, 2.24) is 4.90 Å². The number of thioether (sulfide) groups is 1. The molecule has 4 rings (SSSR count).